The standard InChI is InChI=1S/C22H20ClNO6S/c23-18-3-1-4-19(15-18)29-13-14-30-22(25)11-8-17-6-9-21(10-7-17)31(26,27)24-16-20-5-2-12-28-20/h1-12,15,24H,13-14,16H2/b11-8+. The molecule has 0 amide bonds. The number of furan rings is 1. The van der Waals surface area contributed by atoms with Gasteiger partial charge < -0.3 is 13.9 Å². The van der Waals surface area contributed by atoms with Crippen molar-refractivity contribution in [3.8, 4) is 5.75 Å². The summed E-state index contributed by atoms with van der Waals surface area (Å²) in [5.41, 5.74) is 0.650. The molecule has 0 fully saturated rings. The number of carbonyl (C=O) groups is 1. The Morgan fingerprint density at radius 2 is 1.87 bits per heavy atom. The van der Waals surface area contributed by atoms with Gasteiger partial charge in [-0.15, -0.1) is 0 Å². The molecular formula is C22H20ClNO6S. The molecule has 3 rings (SSSR count). The molecule has 0 saturated carbocycles. The van der Waals surface area contributed by atoms with Crippen LogP contribution in [0.1, 0.15) is 11.3 Å². The minimum absolute atomic E-state index is 0.0594. The molecule has 3 aromatic rings. The molecule has 0 radical (unpaired) electrons. The third-order valence-electron chi connectivity index (χ3n) is 4.01. The number of esters is 1. The van der Waals surface area contributed by atoms with Gasteiger partial charge in [0.05, 0.1) is 17.7 Å². The van der Waals surface area contributed by atoms with E-state index in [1.165, 1.54) is 30.5 Å². The summed E-state index contributed by atoms with van der Waals surface area (Å²) in [5, 5.41) is 0.560. The van der Waals surface area contributed by atoms with Gasteiger partial charge in [-0.1, -0.05) is 29.8 Å². The molecule has 162 valence electrons. The molecule has 0 bridgehead atoms. The van der Waals surface area contributed by atoms with Crippen LogP contribution in [-0.4, -0.2) is 27.6 Å². The second-order valence-corrected chi connectivity index (χ2v) is 8.48. The molecule has 0 saturated heterocycles. The number of hydrogen-bond acceptors (Lipinski definition) is 6. The first-order chi connectivity index (χ1) is 14.9. The Balaban J connectivity index is 1.44. The molecule has 1 heterocycles. The largest absolute Gasteiger partial charge is 0.490 e. The number of sulfonamides is 1. The van der Waals surface area contributed by atoms with E-state index in [2.05, 4.69) is 4.72 Å². The zero-order chi connectivity index (χ0) is 22.1. The number of nitrogens with one attached hydrogen (secondary N) is 1. The van der Waals surface area contributed by atoms with Crippen LogP contribution in [0, 0.1) is 0 Å². The normalized spacial score (nSPS) is 11.5. The lowest BCUT2D eigenvalue weighted by molar-refractivity contribution is -0.138. The van der Waals surface area contributed by atoms with Crippen molar-refractivity contribution in [1.82, 2.24) is 4.72 Å². The minimum atomic E-state index is -3.67. The molecule has 0 unspecified atom stereocenters. The van der Waals surface area contributed by atoms with Gasteiger partial charge in [0.2, 0.25) is 10.0 Å². The molecule has 1 aromatic heterocycles. The Hall–Kier alpha value is -3.07. The predicted molar refractivity (Wildman–Crippen MR) is 116 cm³/mol. The van der Waals surface area contributed by atoms with E-state index >= 15 is 0 Å². The van der Waals surface area contributed by atoms with Gasteiger partial charge >= 0.3 is 5.97 Å². The van der Waals surface area contributed by atoms with Crippen LogP contribution in [0.5, 0.6) is 5.75 Å². The van der Waals surface area contributed by atoms with Gasteiger partial charge in [0.15, 0.2) is 0 Å². The molecule has 2 aromatic carbocycles. The molecule has 0 aliphatic heterocycles. The zero-order valence-electron chi connectivity index (χ0n) is 16.4. The van der Waals surface area contributed by atoms with Crippen molar-refractivity contribution in [2.24, 2.45) is 0 Å². The van der Waals surface area contributed by atoms with E-state index in [4.69, 9.17) is 25.5 Å². The zero-order valence-corrected chi connectivity index (χ0v) is 17.9. The van der Waals surface area contributed by atoms with Gasteiger partial charge in [0.1, 0.15) is 24.7 Å². The maximum absolute atomic E-state index is 12.3. The summed E-state index contributed by atoms with van der Waals surface area (Å²) in [4.78, 5) is 11.9. The lowest BCUT2D eigenvalue weighted by Gasteiger charge is -2.06. The van der Waals surface area contributed by atoms with Crippen molar-refractivity contribution in [3.05, 3.63) is 89.3 Å². The van der Waals surface area contributed by atoms with Crippen molar-refractivity contribution < 1.29 is 27.1 Å². The van der Waals surface area contributed by atoms with E-state index in [-0.39, 0.29) is 24.7 Å². The first-order valence-electron chi connectivity index (χ1n) is 9.28. The van der Waals surface area contributed by atoms with E-state index < -0.39 is 16.0 Å². The maximum Gasteiger partial charge on any atom is 0.330 e. The monoisotopic (exact) mass is 461 g/mol. The van der Waals surface area contributed by atoms with Gasteiger partial charge in [-0.3, -0.25) is 0 Å². The summed E-state index contributed by atoms with van der Waals surface area (Å²) in [6.07, 6.45) is 4.27. The number of hydrogen-bond donors (Lipinski definition) is 1. The van der Waals surface area contributed by atoms with E-state index in [0.717, 1.165) is 0 Å². The highest BCUT2D eigenvalue weighted by Gasteiger charge is 2.14. The molecular weight excluding hydrogens is 442 g/mol. The second-order valence-electron chi connectivity index (χ2n) is 6.28. The number of ether oxygens (including phenoxy) is 2. The summed E-state index contributed by atoms with van der Waals surface area (Å²) >= 11 is 5.86. The molecule has 0 aliphatic carbocycles. The number of benzene rings is 2. The van der Waals surface area contributed by atoms with E-state index in [1.54, 1.807) is 48.5 Å². The lowest BCUT2D eigenvalue weighted by atomic mass is 10.2. The van der Waals surface area contributed by atoms with Crippen molar-refractivity contribution in [2.75, 3.05) is 13.2 Å². The van der Waals surface area contributed by atoms with E-state index in [1.807, 2.05) is 0 Å². The summed E-state index contributed by atoms with van der Waals surface area (Å²) < 4.78 is 42.7. The average Bonchev–Trinajstić information content (AvgIpc) is 3.28. The maximum atomic E-state index is 12.3. The Morgan fingerprint density at radius 1 is 1.06 bits per heavy atom. The first kappa shape index (κ1) is 22.6. The van der Waals surface area contributed by atoms with Crippen molar-refractivity contribution >= 4 is 33.7 Å². The smallest absolute Gasteiger partial charge is 0.330 e. The topological polar surface area (TPSA) is 94.8 Å². The highest BCUT2D eigenvalue weighted by molar-refractivity contribution is 7.89. The molecule has 9 heteroatoms. The SMILES string of the molecule is O=C(/C=C/c1ccc(S(=O)(=O)NCc2ccco2)cc1)OCCOc1cccc(Cl)c1. The molecule has 1 N–H and O–H groups in total. The number of rotatable bonds is 10. The highest BCUT2D eigenvalue weighted by atomic mass is 35.5. The van der Waals surface area contributed by atoms with Crippen LogP contribution in [0.3, 0.4) is 0 Å². The Morgan fingerprint density at radius 3 is 2.58 bits per heavy atom. The van der Waals surface area contributed by atoms with Gasteiger partial charge in [-0.05, 0) is 54.1 Å². The van der Waals surface area contributed by atoms with Crippen LogP contribution in [0.4, 0.5) is 0 Å². The fourth-order valence-electron chi connectivity index (χ4n) is 2.49. The quantitative estimate of drug-likeness (QED) is 0.278. The molecule has 0 spiro atoms. The van der Waals surface area contributed by atoms with Crippen LogP contribution in [0.2, 0.25) is 5.02 Å². The van der Waals surface area contributed by atoms with Crippen molar-refractivity contribution in [1.29, 1.82) is 0 Å². The van der Waals surface area contributed by atoms with Crippen LogP contribution < -0.4 is 9.46 Å². The third kappa shape index (κ3) is 7.29. The van der Waals surface area contributed by atoms with Crippen LogP contribution in [0.15, 0.2) is 82.3 Å². The van der Waals surface area contributed by atoms with Gasteiger partial charge in [0, 0.05) is 11.1 Å². The third-order valence-corrected chi connectivity index (χ3v) is 5.66. The predicted octanol–water partition coefficient (Wildman–Crippen LogP) is 4.05. The second kappa shape index (κ2) is 10.8. The number of halogens is 1. The number of carbonyl (C=O) groups excluding carboxylic acids is 1. The van der Waals surface area contributed by atoms with Crippen molar-refractivity contribution in [2.45, 2.75) is 11.4 Å². The molecule has 0 atom stereocenters. The Bertz CT molecular complexity index is 1130. The van der Waals surface area contributed by atoms with E-state index in [0.29, 0.717) is 22.1 Å². The first-order valence-corrected chi connectivity index (χ1v) is 11.1. The highest BCUT2D eigenvalue weighted by Crippen LogP contribution is 2.17. The molecule has 7 nitrogen and oxygen atoms in total. The van der Waals surface area contributed by atoms with Crippen molar-refractivity contribution in [3.63, 3.8) is 0 Å². The summed E-state index contributed by atoms with van der Waals surface area (Å²) in [7, 11) is -3.67. The molecule has 31 heavy (non-hydrogen) atoms. The van der Waals surface area contributed by atoms with Crippen LogP contribution in [0.25, 0.3) is 6.08 Å². The van der Waals surface area contributed by atoms with Gasteiger partial charge in [0.25, 0.3) is 0 Å². The van der Waals surface area contributed by atoms with E-state index in [9.17, 15) is 13.2 Å². The van der Waals surface area contributed by atoms with Crippen LogP contribution in [-0.2, 0) is 26.1 Å². The summed E-state index contributed by atoms with van der Waals surface area (Å²) in [5.74, 6) is 0.568. The minimum Gasteiger partial charge on any atom is -0.490 e. The Labute approximate surface area is 185 Å². The molecule has 0 aliphatic rings. The van der Waals surface area contributed by atoms with Gasteiger partial charge in [-0.2, -0.15) is 0 Å². The fourth-order valence-corrected chi connectivity index (χ4v) is 3.67. The van der Waals surface area contributed by atoms with Gasteiger partial charge in [-0.25, -0.2) is 17.9 Å². The fraction of sp³-hybridized carbons (Fsp3) is 0.136. The lowest BCUT2D eigenvalue weighted by Crippen LogP contribution is -2.22. The Kier molecular flexibility index (Phi) is 7.88. The summed E-state index contributed by atoms with van der Waals surface area (Å²) in [6, 6.07) is 16.4. The average molecular weight is 462 g/mol. The van der Waals surface area contributed by atoms with Crippen LogP contribution >= 0.6 is 11.6 Å². The summed E-state index contributed by atoms with van der Waals surface area (Å²) in [6.45, 7) is 0.329.